The van der Waals surface area contributed by atoms with Gasteiger partial charge in [0.25, 0.3) is 0 Å². The summed E-state index contributed by atoms with van der Waals surface area (Å²) in [7, 11) is -1.44. The predicted molar refractivity (Wildman–Crippen MR) is 87.8 cm³/mol. The molecule has 0 heterocycles. The molecule has 1 N–H and O–H groups in total. The summed E-state index contributed by atoms with van der Waals surface area (Å²) in [5.74, 6) is 0.810. The van der Waals surface area contributed by atoms with Crippen molar-refractivity contribution in [3.05, 3.63) is 29.3 Å². The van der Waals surface area contributed by atoms with Crippen LogP contribution < -0.4 is 10.1 Å². The van der Waals surface area contributed by atoms with Gasteiger partial charge >= 0.3 is 0 Å². The number of hydrogen-bond donors (Lipinski definition) is 1. The summed E-state index contributed by atoms with van der Waals surface area (Å²) in [6.45, 7) is 6.67. The molecule has 0 aliphatic heterocycles. The van der Waals surface area contributed by atoms with Crippen molar-refractivity contribution in [1.29, 1.82) is 0 Å². The number of benzene rings is 1. The first kappa shape index (κ1) is 18.0. The van der Waals surface area contributed by atoms with Crippen molar-refractivity contribution in [3.8, 4) is 5.75 Å². The Labute approximate surface area is 128 Å². The first-order valence-electron chi connectivity index (χ1n) is 7.35. The molecule has 4 nitrogen and oxygen atoms in total. The fraction of sp³-hybridized carbons (Fsp3) is 0.625. The molecule has 120 valence electrons. The fourth-order valence-electron chi connectivity index (χ4n) is 2.34. The van der Waals surface area contributed by atoms with E-state index in [2.05, 4.69) is 18.3 Å². The van der Waals surface area contributed by atoms with Crippen LogP contribution in [-0.4, -0.2) is 39.6 Å². The van der Waals surface area contributed by atoms with Crippen molar-refractivity contribution in [2.24, 2.45) is 0 Å². The molecule has 21 heavy (non-hydrogen) atoms. The SMILES string of the molecule is CCCNC(Cc1cc(C)ccc1OC)C(C)S(C)(=O)=O. The summed E-state index contributed by atoms with van der Waals surface area (Å²) < 4.78 is 29.1. The molecule has 0 saturated heterocycles. The topological polar surface area (TPSA) is 55.4 Å². The molecule has 1 aromatic carbocycles. The van der Waals surface area contributed by atoms with Gasteiger partial charge in [0.05, 0.1) is 12.4 Å². The summed E-state index contributed by atoms with van der Waals surface area (Å²) >= 11 is 0. The Kier molecular flexibility index (Phi) is 6.68. The van der Waals surface area contributed by atoms with Gasteiger partial charge < -0.3 is 10.1 Å². The lowest BCUT2D eigenvalue weighted by Gasteiger charge is -2.25. The maximum absolute atomic E-state index is 11.9. The normalized spacial score (nSPS) is 14.7. The van der Waals surface area contributed by atoms with Crippen molar-refractivity contribution in [2.75, 3.05) is 19.9 Å². The first-order valence-corrected chi connectivity index (χ1v) is 9.30. The minimum absolute atomic E-state index is 0.115. The molecule has 0 radical (unpaired) electrons. The van der Waals surface area contributed by atoms with Gasteiger partial charge in [0.2, 0.25) is 0 Å². The van der Waals surface area contributed by atoms with Crippen molar-refractivity contribution >= 4 is 9.84 Å². The largest absolute Gasteiger partial charge is 0.496 e. The number of nitrogens with one attached hydrogen (secondary N) is 1. The van der Waals surface area contributed by atoms with Gasteiger partial charge in [-0.15, -0.1) is 0 Å². The van der Waals surface area contributed by atoms with Crippen LogP contribution in [0.25, 0.3) is 0 Å². The summed E-state index contributed by atoms with van der Waals surface area (Å²) in [5, 5.41) is 2.92. The predicted octanol–water partition coefficient (Wildman–Crippen LogP) is 2.35. The molecule has 0 aliphatic rings. The number of sulfone groups is 1. The third-order valence-corrected chi connectivity index (χ3v) is 5.45. The highest BCUT2D eigenvalue weighted by Crippen LogP contribution is 2.23. The summed E-state index contributed by atoms with van der Waals surface area (Å²) in [6, 6.07) is 5.88. The molecule has 0 bridgehead atoms. The van der Waals surface area contributed by atoms with E-state index in [1.54, 1.807) is 14.0 Å². The van der Waals surface area contributed by atoms with Crippen LogP contribution in [0, 0.1) is 6.92 Å². The maximum Gasteiger partial charge on any atom is 0.151 e. The zero-order valence-electron chi connectivity index (χ0n) is 13.6. The van der Waals surface area contributed by atoms with E-state index in [4.69, 9.17) is 4.74 Å². The smallest absolute Gasteiger partial charge is 0.151 e. The van der Waals surface area contributed by atoms with Gasteiger partial charge in [-0.3, -0.25) is 0 Å². The Morgan fingerprint density at radius 1 is 1.33 bits per heavy atom. The van der Waals surface area contributed by atoms with E-state index in [9.17, 15) is 8.42 Å². The van der Waals surface area contributed by atoms with Crippen molar-refractivity contribution in [2.45, 2.75) is 44.9 Å². The van der Waals surface area contributed by atoms with Crippen LogP contribution in [0.5, 0.6) is 5.75 Å². The standard InChI is InChI=1S/C16H27NO3S/c1-6-9-17-15(13(3)21(5,18)19)11-14-10-12(2)7-8-16(14)20-4/h7-8,10,13,15,17H,6,9,11H2,1-5H3. The molecule has 5 heteroatoms. The van der Waals surface area contributed by atoms with E-state index in [0.29, 0.717) is 6.42 Å². The summed E-state index contributed by atoms with van der Waals surface area (Å²) in [5.41, 5.74) is 2.19. The van der Waals surface area contributed by atoms with Crippen LogP contribution in [0.2, 0.25) is 0 Å². The van der Waals surface area contributed by atoms with E-state index in [0.717, 1.165) is 29.8 Å². The van der Waals surface area contributed by atoms with Crippen LogP contribution in [0.1, 0.15) is 31.4 Å². The van der Waals surface area contributed by atoms with Crippen LogP contribution in [-0.2, 0) is 16.3 Å². The van der Waals surface area contributed by atoms with Gasteiger partial charge in [0.15, 0.2) is 9.84 Å². The van der Waals surface area contributed by atoms with Gasteiger partial charge in [-0.2, -0.15) is 0 Å². The number of methoxy groups -OCH3 is 1. The van der Waals surface area contributed by atoms with E-state index in [1.165, 1.54) is 6.26 Å². The molecule has 0 saturated carbocycles. The average molecular weight is 313 g/mol. The van der Waals surface area contributed by atoms with Gasteiger partial charge in [-0.1, -0.05) is 24.6 Å². The lowest BCUT2D eigenvalue weighted by atomic mass is 10.0. The van der Waals surface area contributed by atoms with Crippen molar-refractivity contribution in [3.63, 3.8) is 0 Å². The second-order valence-corrected chi connectivity index (χ2v) is 8.02. The highest BCUT2D eigenvalue weighted by atomic mass is 32.2. The molecule has 0 fully saturated rings. The van der Waals surface area contributed by atoms with Gasteiger partial charge in [-0.05, 0) is 44.9 Å². The number of aryl methyl sites for hydroxylation is 1. The maximum atomic E-state index is 11.9. The third kappa shape index (κ3) is 5.32. The van der Waals surface area contributed by atoms with E-state index >= 15 is 0 Å². The quantitative estimate of drug-likeness (QED) is 0.800. The summed E-state index contributed by atoms with van der Waals surface area (Å²) in [4.78, 5) is 0. The van der Waals surface area contributed by atoms with Crippen molar-refractivity contribution in [1.82, 2.24) is 5.32 Å². The Hall–Kier alpha value is -1.07. The minimum Gasteiger partial charge on any atom is -0.496 e. The summed E-state index contributed by atoms with van der Waals surface area (Å²) in [6.07, 6.45) is 2.91. The van der Waals surface area contributed by atoms with Crippen LogP contribution >= 0.6 is 0 Å². The zero-order valence-corrected chi connectivity index (χ0v) is 14.5. The van der Waals surface area contributed by atoms with E-state index in [-0.39, 0.29) is 6.04 Å². The number of rotatable bonds is 8. The van der Waals surface area contributed by atoms with Crippen molar-refractivity contribution < 1.29 is 13.2 Å². The second-order valence-electron chi connectivity index (χ2n) is 5.61. The number of hydrogen-bond acceptors (Lipinski definition) is 4. The fourth-order valence-corrected chi connectivity index (χ4v) is 3.13. The van der Waals surface area contributed by atoms with Gasteiger partial charge in [0.1, 0.15) is 5.75 Å². The third-order valence-electron chi connectivity index (χ3n) is 3.77. The highest BCUT2D eigenvalue weighted by molar-refractivity contribution is 7.91. The minimum atomic E-state index is -3.09. The molecule has 1 aromatic rings. The molecule has 2 unspecified atom stereocenters. The Morgan fingerprint density at radius 2 is 2.00 bits per heavy atom. The molecule has 0 aromatic heterocycles. The molecule has 0 spiro atoms. The molecule has 0 amide bonds. The molecule has 1 rings (SSSR count). The lowest BCUT2D eigenvalue weighted by molar-refractivity contribution is 0.403. The Balaban J connectivity index is 3.03. The molecular formula is C16H27NO3S. The molecule has 2 atom stereocenters. The van der Waals surface area contributed by atoms with Crippen LogP contribution in [0.15, 0.2) is 18.2 Å². The molecule has 0 aliphatic carbocycles. The van der Waals surface area contributed by atoms with Gasteiger partial charge in [-0.25, -0.2) is 8.42 Å². The second kappa shape index (κ2) is 7.80. The van der Waals surface area contributed by atoms with Crippen LogP contribution in [0.3, 0.4) is 0 Å². The molecular weight excluding hydrogens is 286 g/mol. The monoisotopic (exact) mass is 313 g/mol. The Morgan fingerprint density at radius 3 is 2.52 bits per heavy atom. The van der Waals surface area contributed by atoms with Crippen LogP contribution in [0.4, 0.5) is 0 Å². The van der Waals surface area contributed by atoms with E-state index < -0.39 is 15.1 Å². The highest BCUT2D eigenvalue weighted by Gasteiger charge is 2.26. The first-order chi connectivity index (χ1) is 9.79. The van der Waals surface area contributed by atoms with E-state index in [1.807, 2.05) is 19.1 Å². The average Bonchev–Trinajstić information content (AvgIpc) is 2.41. The number of ether oxygens (including phenoxy) is 1. The van der Waals surface area contributed by atoms with Gasteiger partial charge in [0, 0.05) is 12.3 Å². The zero-order chi connectivity index (χ0) is 16.0. The lowest BCUT2D eigenvalue weighted by Crippen LogP contribution is -2.44. The Bertz CT molecular complexity index is 555.